The van der Waals surface area contributed by atoms with E-state index in [4.69, 9.17) is 11.6 Å². The zero-order valence-corrected chi connectivity index (χ0v) is 11.4. The molecule has 2 aromatic heterocycles. The van der Waals surface area contributed by atoms with Crippen molar-refractivity contribution in [3.8, 4) is 0 Å². The van der Waals surface area contributed by atoms with Crippen LogP contribution in [0.4, 0.5) is 0 Å². The second-order valence-corrected chi connectivity index (χ2v) is 5.27. The van der Waals surface area contributed by atoms with Crippen molar-refractivity contribution in [1.82, 2.24) is 9.97 Å². The van der Waals surface area contributed by atoms with Crippen molar-refractivity contribution in [2.24, 2.45) is 0 Å². The molecule has 0 amide bonds. The predicted molar refractivity (Wildman–Crippen MR) is 70.7 cm³/mol. The van der Waals surface area contributed by atoms with Crippen LogP contribution in [0, 0.1) is 0 Å². The van der Waals surface area contributed by atoms with Crippen molar-refractivity contribution in [1.29, 1.82) is 0 Å². The van der Waals surface area contributed by atoms with Crippen LogP contribution in [-0.4, -0.2) is 9.97 Å². The Bertz CT molecular complexity index is 493. The molecule has 0 fully saturated rings. The Morgan fingerprint density at radius 2 is 2.12 bits per heavy atom. The van der Waals surface area contributed by atoms with Crippen molar-refractivity contribution >= 4 is 39.3 Å². The molecule has 2 nitrogen and oxygen atoms in total. The second kappa shape index (κ2) is 5.66. The molecule has 0 spiro atoms. The normalized spacial score (nSPS) is 10.4. The number of hydrogen-bond acceptors (Lipinski definition) is 3. The van der Waals surface area contributed by atoms with E-state index in [1.807, 2.05) is 24.3 Å². The highest BCUT2D eigenvalue weighted by molar-refractivity contribution is 9.10. The third kappa shape index (κ3) is 3.20. The van der Waals surface area contributed by atoms with Crippen LogP contribution in [0.2, 0.25) is 5.15 Å². The first-order valence-corrected chi connectivity index (χ1v) is 6.75. The van der Waals surface area contributed by atoms with E-state index in [9.17, 15) is 0 Å². The summed E-state index contributed by atoms with van der Waals surface area (Å²) in [4.78, 5) is 8.23. The van der Waals surface area contributed by atoms with Crippen LogP contribution in [0.5, 0.6) is 0 Å². The fraction of sp³-hybridized carbons (Fsp3) is 0.0909. The quantitative estimate of drug-likeness (QED) is 0.627. The fourth-order valence-corrected chi connectivity index (χ4v) is 2.78. The molecule has 0 saturated heterocycles. The monoisotopic (exact) mass is 314 g/mol. The fourth-order valence-electron chi connectivity index (χ4n) is 1.16. The summed E-state index contributed by atoms with van der Waals surface area (Å²) in [5.74, 6) is 0.831. The van der Waals surface area contributed by atoms with E-state index in [0.717, 1.165) is 20.8 Å². The minimum Gasteiger partial charge on any atom is -0.249 e. The van der Waals surface area contributed by atoms with E-state index in [0.29, 0.717) is 5.15 Å². The van der Waals surface area contributed by atoms with Crippen LogP contribution in [0.25, 0.3) is 0 Å². The molecular formula is C11H8BrClN2S. The first-order chi connectivity index (χ1) is 7.75. The second-order valence-electron chi connectivity index (χ2n) is 3.07. The molecule has 0 bridgehead atoms. The molecule has 2 aromatic rings. The standard InChI is InChI=1S/C11H8BrClN2S/c12-9-2-1-4-15-11(9)16-7-8-3-5-14-10(13)6-8/h1-6H,7H2. The number of aromatic nitrogens is 2. The first kappa shape index (κ1) is 11.9. The summed E-state index contributed by atoms with van der Waals surface area (Å²) in [6.07, 6.45) is 3.50. The van der Waals surface area contributed by atoms with Gasteiger partial charge < -0.3 is 0 Å². The summed E-state index contributed by atoms with van der Waals surface area (Å²) < 4.78 is 1.01. The Morgan fingerprint density at radius 1 is 1.25 bits per heavy atom. The molecular weight excluding hydrogens is 308 g/mol. The number of thioether (sulfide) groups is 1. The van der Waals surface area contributed by atoms with Gasteiger partial charge >= 0.3 is 0 Å². The van der Waals surface area contributed by atoms with Gasteiger partial charge in [-0.15, -0.1) is 11.8 Å². The molecule has 0 atom stereocenters. The molecule has 0 aliphatic rings. The summed E-state index contributed by atoms with van der Waals surface area (Å²) >= 11 is 10.9. The Hall–Kier alpha value is -0.580. The van der Waals surface area contributed by atoms with E-state index < -0.39 is 0 Å². The van der Waals surface area contributed by atoms with Gasteiger partial charge in [0, 0.05) is 22.6 Å². The number of nitrogens with zero attached hydrogens (tertiary/aromatic N) is 2. The summed E-state index contributed by atoms with van der Waals surface area (Å²) in [5, 5.41) is 1.51. The molecule has 0 N–H and O–H groups in total. The Morgan fingerprint density at radius 3 is 2.88 bits per heavy atom. The maximum Gasteiger partial charge on any atom is 0.129 e. The summed E-state index contributed by atoms with van der Waals surface area (Å²) in [7, 11) is 0. The van der Waals surface area contributed by atoms with Crippen molar-refractivity contribution in [2.75, 3.05) is 0 Å². The van der Waals surface area contributed by atoms with Crippen LogP contribution >= 0.6 is 39.3 Å². The van der Waals surface area contributed by atoms with E-state index in [-0.39, 0.29) is 0 Å². The number of halogens is 2. The van der Waals surface area contributed by atoms with Crippen LogP contribution in [0.3, 0.4) is 0 Å². The van der Waals surface area contributed by atoms with Gasteiger partial charge in [-0.2, -0.15) is 0 Å². The molecule has 2 rings (SSSR count). The SMILES string of the molecule is Clc1cc(CSc2ncccc2Br)ccn1. The van der Waals surface area contributed by atoms with Crippen LogP contribution in [-0.2, 0) is 5.75 Å². The minimum atomic E-state index is 0.526. The first-order valence-electron chi connectivity index (χ1n) is 4.59. The molecule has 0 aliphatic carbocycles. The minimum absolute atomic E-state index is 0.526. The van der Waals surface area contributed by atoms with Crippen LogP contribution in [0.15, 0.2) is 46.2 Å². The highest BCUT2D eigenvalue weighted by Crippen LogP contribution is 2.27. The number of rotatable bonds is 3. The van der Waals surface area contributed by atoms with Gasteiger partial charge in [0.25, 0.3) is 0 Å². The summed E-state index contributed by atoms with van der Waals surface area (Å²) in [6.45, 7) is 0. The van der Waals surface area contributed by atoms with Crippen molar-refractivity contribution in [3.63, 3.8) is 0 Å². The van der Waals surface area contributed by atoms with Gasteiger partial charge in [-0.05, 0) is 45.8 Å². The van der Waals surface area contributed by atoms with Gasteiger partial charge in [-0.1, -0.05) is 11.6 Å². The number of hydrogen-bond donors (Lipinski definition) is 0. The van der Waals surface area contributed by atoms with Crippen LogP contribution in [0.1, 0.15) is 5.56 Å². The smallest absolute Gasteiger partial charge is 0.129 e. The van der Waals surface area contributed by atoms with Crippen molar-refractivity contribution in [3.05, 3.63) is 51.8 Å². The Kier molecular flexibility index (Phi) is 4.21. The Balaban J connectivity index is 2.05. The predicted octanol–water partition coefficient (Wildman–Crippen LogP) is 4.18. The van der Waals surface area contributed by atoms with E-state index in [1.54, 1.807) is 24.2 Å². The molecule has 2 heterocycles. The maximum absolute atomic E-state index is 5.81. The van der Waals surface area contributed by atoms with Crippen LogP contribution < -0.4 is 0 Å². The third-order valence-corrected chi connectivity index (χ3v) is 4.08. The molecule has 82 valence electrons. The van der Waals surface area contributed by atoms with E-state index >= 15 is 0 Å². The lowest BCUT2D eigenvalue weighted by Gasteiger charge is -2.03. The maximum atomic E-state index is 5.81. The van der Waals surface area contributed by atoms with Gasteiger partial charge in [0.15, 0.2) is 0 Å². The van der Waals surface area contributed by atoms with Crippen molar-refractivity contribution in [2.45, 2.75) is 10.8 Å². The molecule has 0 saturated carbocycles. The van der Waals surface area contributed by atoms with Gasteiger partial charge in [0.2, 0.25) is 0 Å². The lowest BCUT2D eigenvalue weighted by Crippen LogP contribution is -1.85. The zero-order chi connectivity index (χ0) is 11.4. The highest BCUT2D eigenvalue weighted by Gasteiger charge is 2.02. The number of pyridine rings is 2. The molecule has 5 heteroatoms. The molecule has 0 radical (unpaired) electrons. The average Bonchev–Trinajstić information content (AvgIpc) is 2.28. The Labute approximate surface area is 112 Å². The van der Waals surface area contributed by atoms with Crippen molar-refractivity contribution < 1.29 is 0 Å². The average molecular weight is 316 g/mol. The lowest BCUT2D eigenvalue weighted by molar-refractivity contribution is 1.11. The molecule has 0 aromatic carbocycles. The topological polar surface area (TPSA) is 25.8 Å². The molecule has 16 heavy (non-hydrogen) atoms. The summed E-state index contributed by atoms with van der Waals surface area (Å²) in [6, 6.07) is 7.70. The van der Waals surface area contributed by atoms with Gasteiger partial charge in [-0.3, -0.25) is 0 Å². The van der Waals surface area contributed by atoms with Gasteiger partial charge in [-0.25, -0.2) is 9.97 Å². The van der Waals surface area contributed by atoms with Gasteiger partial charge in [0.1, 0.15) is 10.2 Å². The largest absolute Gasteiger partial charge is 0.249 e. The molecule has 0 unspecified atom stereocenters. The van der Waals surface area contributed by atoms with E-state index in [1.165, 1.54) is 0 Å². The van der Waals surface area contributed by atoms with Gasteiger partial charge in [0.05, 0.1) is 0 Å². The highest BCUT2D eigenvalue weighted by atomic mass is 79.9. The third-order valence-electron chi connectivity index (χ3n) is 1.89. The zero-order valence-electron chi connectivity index (χ0n) is 8.23. The van der Waals surface area contributed by atoms with E-state index in [2.05, 4.69) is 25.9 Å². The lowest BCUT2D eigenvalue weighted by atomic mass is 10.3. The summed E-state index contributed by atoms with van der Waals surface area (Å²) in [5.41, 5.74) is 1.14. The molecule has 0 aliphatic heterocycles.